The number of hydrogen-bond acceptors (Lipinski definition) is 3. The Labute approximate surface area is 128 Å². The van der Waals surface area contributed by atoms with E-state index in [-0.39, 0.29) is 5.97 Å². The third kappa shape index (κ3) is 4.85. The summed E-state index contributed by atoms with van der Waals surface area (Å²) in [7, 11) is 0. The predicted octanol–water partition coefficient (Wildman–Crippen LogP) is 3.35. The van der Waals surface area contributed by atoms with Crippen molar-refractivity contribution in [3.63, 3.8) is 0 Å². The zero-order valence-electron chi connectivity index (χ0n) is 13.8. The van der Waals surface area contributed by atoms with Crippen molar-refractivity contribution in [2.75, 3.05) is 13.2 Å². The molecule has 2 N–H and O–H groups in total. The number of esters is 1. The third-order valence-electron chi connectivity index (χ3n) is 3.87. The Balaban J connectivity index is 3.01. The van der Waals surface area contributed by atoms with E-state index < -0.39 is 5.41 Å². The van der Waals surface area contributed by atoms with Gasteiger partial charge in [-0.2, -0.15) is 0 Å². The Morgan fingerprint density at radius 1 is 1.19 bits per heavy atom. The summed E-state index contributed by atoms with van der Waals surface area (Å²) in [4.78, 5) is 12.5. The SMILES string of the molecule is CCOC(=O)C(CN)(Cc1ccc(CC)cc1)CC(C)C. The number of benzene rings is 1. The molecule has 1 aromatic rings. The van der Waals surface area contributed by atoms with Crippen molar-refractivity contribution in [3.8, 4) is 0 Å². The topological polar surface area (TPSA) is 52.3 Å². The van der Waals surface area contributed by atoms with Gasteiger partial charge in [0.25, 0.3) is 0 Å². The summed E-state index contributed by atoms with van der Waals surface area (Å²) < 4.78 is 5.30. The highest BCUT2D eigenvalue weighted by Crippen LogP contribution is 2.32. The van der Waals surface area contributed by atoms with Crippen LogP contribution in [0.3, 0.4) is 0 Å². The maximum Gasteiger partial charge on any atom is 0.313 e. The summed E-state index contributed by atoms with van der Waals surface area (Å²) in [6.07, 6.45) is 2.41. The summed E-state index contributed by atoms with van der Waals surface area (Å²) in [5.74, 6) is 0.230. The molecule has 1 unspecified atom stereocenters. The van der Waals surface area contributed by atoms with Crippen LogP contribution < -0.4 is 5.73 Å². The zero-order chi connectivity index (χ0) is 15.9. The normalized spacial score (nSPS) is 14.0. The molecule has 0 bridgehead atoms. The van der Waals surface area contributed by atoms with Gasteiger partial charge in [0.15, 0.2) is 0 Å². The van der Waals surface area contributed by atoms with Gasteiger partial charge >= 0.3 is 5.97 Å². The van der Waals surface area contributed by atoms with Crippen LogP contribution in [-0.2, 0) is 22.4 Å². The molecule has 1 aromatic carbocycles. The molecule has 0 heterocycles. The second kappa shape index (κ2) is 8.18. The van der Waals surface area contributed by atoms with E-state index in [1.54, 1.807) is 0 Å². The highest BCUT2D eigenvalue weighted by molar-refractivity contribution is 5.77. The van der Waals surface area contributed by atoms with Crippen molar-refractivity contribution in [1.82, 2.24) is 0 Å². The molecule has 0 amide bonds. The van der Waals surface area contributed by atoms with E-state index in [1.165, 1.54) is 5.56 Å². The highest BCUT2D eigenvalue weighted by atomic mass is 16.5. The van der Waals surface area contributed by atoms with E-state index in [2.05, 4.69) is 45.0 Å². The number of aryl methyl sites for hydroxylation is 1. The fraction of sp³-hybridized carbons (Fsp3) is 0.611. The highest BCUT2D eigenvalue weighted by Gasteiger charge is 2.39. The summed E-state index contributed by atoms with van der Waals surface area (Å²) >= 11 is 0. The second-order valence-electron chi connectivity index (χ2n) is 6.15. The van der Waals surface area contributed by atoms with Gasteiger partial charge in [-0.1, -0.05) is 45.0 Å². The largest absolute Gasteiger partial charge is 0.466 e. The van der Waals surface area contributed by atoms with E-state index in [9.17, 15) is 4.79 Å². The van der Waals surface area contributed by atoms with Crippen LogP contribution in [-0.4, -0.2) is 19.1 Å². The van der Waals surface area contributed by atoms with E-state index in [0.29, 0.717) is 25.5 Å². The Morgan fingerprint density at radius 2 is 1.76 bits per heavy atom. The average molecular weight is 291 g/mol. The maximum atomic E-state index is 12.5. The van der Waals surface area contributed by atoms with Crippen molar-refractivity contribution >= 4 is 5.97 Å². The molecule has 0 aliphatic rings. The van der Waals surface area contributed by atoms with Gasteiger partial charge in [0, 0.05) is 6.54 Å². The summed E-state index contributed by atoms with van der Waals surface area (Å²) in [6.45, 7) is 8.92. The van der Waals surface area contributed by atoms with Gasteiger partial charge in [0.05, 0.1) is 12.0 Å². The van der Waals surface area contributed by atoms with Crippen LogP contribution >= 0.6 is 0 Å². The summed E-state index contributed by atoms with van der Waals surface area (Å²) in [5, 5.41) is 0. The van der Waals surface area contributed by atoms with Gasteiger partial charge in [0.1, 0.15) is 0 Å². The molecular weight excluding hydrogens is 262 g/mol. The molecule has 0 saturated carbocycles. The number of nitrogens with two attached hydrogens (primary N) is 1. The van der Waals surface area contributed by atoms with Crippen LogP contribution in [0.1, 0.15) is 45.2 Å². The number of carbonyl (C=O) groups is 1. The first-order valence-electron chi connectivity index (χ1n) is 7.92. The Kier molecular flexibility index (Phi) is 6.90. The van der Waals surface area contributed by atoms with E-state index in [0.717, 1.165) is 18.4 Å². The van der Waals surface area contributed by atoms with Gasteiger partial charge in [-0.3, -0.25) is 4.79 Å². The van der Waals surface area contributed by atoms with Crippen LogP contribution in [0.5, 0.6) is 0 Å². The lowest BCUT2D eigenvalue weighted by Gasteiger charge is -2.32. The molecular formula is C18H29NO2. The minimum atomic E-state index is -0.613. The van der Waals surface area contributed by atoms with Crippen molar-refractivity contribution in [1.29, 1.82) is 0 Å². The maximum absolute atomic E-state index is 12.5. The summed E-state index contributed by atoms with van der Waals surface area (Å²) in [6, 6.07) is 8.44. The van der Waals surface area contributed by atoms with Gasteiger partial charge in [-0.25, -0.2) is 0 Å². The van der Waals surface area contributed by atoms with Gasteiger partial charge in [-0.05, 0) is 43.2 Å². The first-order chi connectivity index (χ1) is 9.97. The molecule has 1 atom stereocenters. The third-order valence-corrected chi connectivity index (χ3v) is 3.87. The molecule has 118 valence electrons. The van der Waals surface area contributed by atoms with Gasteiger partial charge < -0.3 is 10.5 Å². The Hall–Kier alpha value is -1.35. The molecule has 1 rings (SSSR count). The smallest absolute Gasteiger partial charge is 0.313 e. The van der Waals surface area contributed by atoms with Crippen LogP contribution in [0, 0.1) is 11.3 Å². The first-order valence-corrected chi connectivity index (χ1v) is 7.92. The van der Waals surface area contributed by atoms with Crippen LogP contribution in [0.2, 0.25) is 0 Å². The number of hydrogen-bond donors (Lipinski definition) is 1. The number of carbonyl (C=O) groups excluding carboxylic acids is 1. The van der Waals surface area contributed by atoms with Crippen LogP contribution in [0.15, 0.2) is 24.3 Å². The van der Waals surface area contributed by atoms with Gasteiger partial charge in [0.2, 0.25) is 0 Å². The molecule has 0 radical (unpaired) electrons. The van der Waals surface area contributed by atoms with Crippen molar-refractivity contribution in [2.24, 2.45) is 17.1 Å². The zero-order valence-corrected chi connectivity index (χ0v) is 13.8. The number of ether oxygens (including phenoxy) is 1. The Bertz CT molecular complexity index is 439. The minimum Gasteiger partial charge on any atom is -0.466 e. The fourth-order valence-electron chi connectivity index (χ4n) is 2.82. The second-order valence-corrected chi connectivity index (χ2v) is 6.15. The van der Waals surface area contributed by atoms with Crippen molar-refractivity contribution in [2.45, 2.75) is 47.0 Å². The quantitative estimate of drug-likeness (QED) is 0.747. The molecule has 21 heavy (non-hydrogen) atoms. The molecule has 0 spiro atoms. The van der Waals surface area contributed by atoms with Crippen molar-refractivity contribution < 1.29 is 9.53 Å². The van der Waals surface area contributed by atoms with Gasteiger partial charge in [-0.15, -0.1) is 0 Å². The Morgan fingerprint density at radius 3 is 2.19 bits per heavy atom. The lowest BCUT2D eigenvalue weighted by molar-refractivity contribution is -0.156. The number of rotatable bonds is 8. The van der Waals surface area contributed by atoms with Crippen molar-refractivity contribution in [3.05, 3.63) is 35.4 Å². The van der Waals surface area contributed by atoms with Crippen LogP contribution in [0.25, 0.3) is 0 Å². The predicted molar refractivity (Wildman–Crippen MR) is 87.1 cm³/mol. The lowest BCUT2D eigenvalue weighted by Crippen LogP contribution is -2.43. The first kappa shape index (κ1) is 17.7. The van der Waals surface area contributed by atoms with E-state index in [4.69, 9.17) is 10.5 Å². The molecule has 0 aromatic heterocycles. The van der Waals surface area contributed by atoms with Crippen LogP contribution in [0.4, 0.5) is 0 Å². The molecule has 3 heteroatoms. The molecule has 0 aliphatic carbocycles. The van der Waals surface area contributed by atoms with E-state index in [1.807, 2.05) is 6.92 Å². The fourth-order valence-corrected chi connectivity index (χ4v) is 2.82. The molecule has 0 saturated heterocycles. The molecule has 0 fully saturated rings. The molecule has 3 nitrogen and oxygen atoms in total. The molecule has 0 aliphatic heterocycles. The lowest BCUT2D eigenvalue weighted by atomic mass is 9.75. The summed E-state index contributed by atoms with van der Waals surface area (Å²) in [5.41, 5.74) is 7.82. The minimum absolute atomic E-state index is 0.166. The van der Waals surface area contributed by atoms with E-state index >= 15 is 0 Å². The standard InChI is InChI=1S/C18H29NO2/c1-5-15-7-9-16(10-8-15)12-18(13-19,11-14(3)4)17(20)21-6-2/h7-10,14H,5-6,11-13,19H2,1-4H3. The monoisotopic (exact) mass is 291 g/mol. The average Bonchev–Trinajstić information content (AvgIpc) is 2.47.